The van der Waals surface area contributed by atoms with Crippen LogP contribution in [0, 0.1) is 5.92 Å². The van der Waals surface area contributed by atoms with Crippen LogP contribution in [0.3, 0.4) is 0 Å². The van der Waals surface area contributed by atoms with E-state index in [1.807, 2.05) is 0 Å². The molecule has 0 aliphatic carbocycles. The zero-order valence-electron chi connectivity index (χ0n) is 11.8. The number of carboxylic acid groups (broad SMARTS) is 1. The molecule has 2 atom stereocenters. The van der Waals surface area contributed by atoms with Crippen molar-refractivity contribution in [2.75, 3.05) is 19.8 Å². The first-order chi connectivity index (χ1) is 8.87. The number of carbonyl (C=O) groups is 2. The second-order valence-corrected chi connectivity index (χ2v) is 5.37. The summed E-state index contributed by atoms with van der Waals surface area (Å²) in [7, 11) is 0. The summed E-state index contributed by atoms with van der Waals surface area (Å²) in [4.78, 5) is 23.2. The fraction of sp³-hybridized carbons (Fsp3) is 0.846. The van der Waals surface area contributed by atoms with Gasteiger partial charge in [0.05, 0.1) is 6.61 Å². The minimum absolute atomic E-state index is 0.00673. The fourth-order valence-electron chi connectivity index (χ4n) is 1.78. The third-order valence-corrected chi connectivity index (χ3v) is 3.23. The van der Waals surface area contributed by atoms with Crippen LogP contribution in [-0.4, -0.2) is 48.4 Å². The van der Waals surface area contributed by atoms with Gasteiger partial charge in [0.1, 0.15) is 6.10 Å². The standard InChI is InChI=1S/C13H23NO5/c1-9(2)4-6-19-10(3)11(15)14-13(12(16)17)5-7-18-8-13/h9-10H,4-8H2,1-3H3,(H,14,15)(H,16,17). The molecule has 6 nitrogen and oxygen atoms in total. The van der Waals surface area contributed by atoms with Crippen LogP contribution in [0.1, 0.15) is 33.6 Å². The zero-order valence-corrected chi connectivity index (χ0v) is 11.8. The predicted molar refractivity (Wildman–Crippen MR) is 68.8 cm³/mol. The molecule has 0 spiro atoms. The summed E-state index contributed by atoms with van der Waals surface area (Å²) in [6, 6.07) is 0. The molecule has 1 saturated heterocycles. The number of nitrogens with one attached hydrogen (secondary N) is 1. The molecule has 1 amide bonds. The van der Waals surface area contributed by atoms with E-state index >= 15 is 0 Å². The Labute approximate surface area is 113 Å². The van der Waals surface area contributed by atoms with Gasteiger partial charge in [-0.05, 0) is 19.3 Å². The minimum Gasteiger partial charge on any atom is -0.479 e. The molecule has 0 aromatic rings. The fourth-order valence-corrected chi connectivity index (χ4v) is 1.78. The van der Waals surface area contributed by atoms with Crippen molar-refractivity contribution >= 4 is 11.9 Å². The first-order valence-electron chi connectivity index (χ1n) is 6.62. The third-order valence-electron chi connectivity index (χ3n) is 3.23. The maximum absolute atomic E-state index is 11.9. The predicted octanol–water partition coefficient (Wildman–Crippen LogP) is 0.797. The summed E-state index contributed by atoms with van der Waals surface area (Å²) >= 11 is 0. The number of aliphatic carboxylic acids is 1. The van der Waals surface area contributed by atoms with Gasteiger partial charge in [0.25, 0.3) is 0 Å². The lowest BCUT2D eigenvalue weighted by Gasteiger charge is -2.25. The van der Waals surface area contributed by atoms with Crippen molar-refractivity contribution in [3.8, 4) is 0 Å². The molecule has 1 rings (SSSR count). The lowest BCUT2D eigenvalue weighted by molar-refractivity contribution is -0.149. The van der Waals surface area contributed by atoms with E-state index < -0.39 is 23.5 Å². The van der Waals surface area contributed by atoms with E-state index in [0.717, 1.165) is 6.42 Å². The van der Waals surface area contributed by atoms with E-state index in [4.69, 9.17) is 9.47 Å². The minimum atomic E-state index is -1.30. The van der Waals surface area contributed by atoms with Crippen molar-refractivity contribution in [3.63, 3.8) is 0 Å². The maximum atomic E-state index is 11.9. The van der Waals surface area contributed by atoms with Crippen molar-refractivity contribution in [1.82, 2.24) is 5.32 Å². The molecular formula is C13H23NO5. The van der Waals surface area contributed by atoms with E-state index in [0.29, 0.717) is 19.1 Å². The molecule has 2 unspecified atom stereocenters. The van der Waals surface area contributed by atoms with Crippen molar-refractivity contribution in [2.24, 2.45) is 5.92 Å². The summed E-state index contributed by atoms with van der Waals surface area (Å²) in [6.07, 6.45) is 0.494. The quantitative estimate of drug-likeness (QED) is 0.716. The van der Waals surface area contributed by atoms with E-state index in [1.165, 1.54) is 0 Å². The van der Waals surface area contributed by atoms with Gasteiger partial charge < -0.3 is 19.9 Å². The number of ether oxygens (including phenoxy) is 2. The number of rotatable bonds is 7. The molecule has 1 heterocycles. The Morgan fingerprint density at radius 1 is 1.42 bits per heavy atom. The molecule has 2 N–H and O–H groups in total. The van der Waals surface area contributed by atoms with Gasteiger partial charge in [-0.15, -0.1) is 0 Å². The zero-order chi connectivity index (χ0) is 14.5. The van der Waals surface area contributed by atoms with Crippen molar-refractivity contribution < 1.29 is 24.2 Å². The first-order valence-corrected chi connectivity index (χ1v) is 6.62. The molecule has 1 aliphatic heterocycles. The highest BCUT2D eigenvalue weighted by molar-refractivity contribution is 5.89. The number of amides is 1. The number of hydrogen-bond acceptors (Lipinski definition) is 4. The maximum Gasteiger partial charge on any atom is 0.331 e. The van der Waals surface area contributed by atoms with Crippen LogP contribution in [0.4, 0.5) is 0 Å². The topological polar surface area (TPSA) is 84.9 Å². The Kier molecular flexibility index (Phi) is 5.75. The molecular weight excluding hydrogens is 250 g/mol. The Bertz CT molecular complexity index is 323. The molecule has 19 heavy (non-hydrogen) atoms. The van der Waals surface area contributed by atoms with Gasteiger partial charge in [0.15, 0.2) is 5.54 Å². The van der Waals surface area contributed by atoms with Gasteiger partial charge in [-0.3, -0.25) is 4.79 Å². The van der Waals surface area contributed by atoms with Crippen LogP contribution in [0.15, 0.2) is 0 Å². The summed E-state index contributed by atoms with van der Waals surface area (Å²) in [5, 5.41) is 11.7. The molecule has 0 radical (unpaired) electrons. The van der Waals surface area contributed by atoms with Crippen LogP contribution in [-0.2, 0) is 19.1 Å². The van der Waals surface area contributed by atoms with Gasteiger partial charge in [-0.25, -0.2) is 4.79 Å². The van der Waals surface area contributed by atoms with Crippen molar-refractivity contribution in [2.45, 2.75) is 45.3 Å². The number of hydrogen-bond donors (Lipinski definition) is 2. The van der Waals surface area contributed by atoms with Crippen molar-refractivity contribution in [1.29, 1.82) is 0 Å². The molecule has 0 aromatic heterocycles. The Balaban J connectivity index is 2.46. The Hall–Kier alpha value is -1.14. The van der Waals surface area contributed by atoms with Gasteiger partial charge in [0.2, 0.25) is 5.91 Å². The summed E-state index contributed by atoms with van der Waals surface area (Å²) in [5.74, 6) is -0.965. The van der Waals surface area contributed by atoms with Crippen LogP contribution in [0.2, 0.25) is 0 Å². The number of carbonyl (C=O) groups excluding carboxylic acids is 1. The van der Waals surface area contributed by atoms with Crippen LogP contribution in [0.5, 0.6) is 0 Å². The smallest absolute Gasteiger partial charge is 0.331 e. The monoisotopic (exact) mass is 273 g/mol. The second-order valence-electron chi connectivity index (χ2n) is 5.37. The first kappa shape index (κ1) is 15.9. The molecule has 110 valence electrons. The average molecular weight is 273 g/mol. The van der Waals surface area contributed by atoms with Crippen molar-refractivity contribution in [3.05, 3.63) is 0 Å². The van der Waals surface area contributed by atoms with Gasteiger partial charge in [-0.1, -0.05) is 13.8 Å². The molecule has 0 saturated carbocycles. The van der Waals surface area contributed by atoms with E-state index in [9.17, 15) is 14.7 Å². The third kappa shape index (κ3) is 4.47. The van der Waals surface area contributed by atoms with Gasteiger partial charge in [-0.2, -0.15) is 0 Å². The molecule has 1 fully saturated rings. The van der Waals surface area contributed by atoms with E-state index in [1.54, 1.807) is 6.92 Å². The van der Waals surface area contributed by atoms with Crippen LogP contribution >= 0.6 is 0 Å². The van der Waals surface area contributed by atoms with Crippen LogP contribution in [0.25, 0.3) is 0 Å². The SMILES string of the molecule is CC(C)CCOC(C)C(=O)NC1(C(=O)O)CCOC1. The largest absolute Gasteiger partial charge is 0.479 e. The second kappa shape index (κ2) is 6.86. The summed E-state index contributed by atoms with van der Waals surface area (Å²) in [6.45, 7) is 6.61. The van der Waals surface area contributed by atoms with Crippen LogP contribution < -0.4 is 5.32 Å². The molecule has 1 aliphatic rings. The highest BCUT2D eigenvalue weighted by atomic mass is 16.5. The molecule has 0 bridgehead atoms. The summed E-state index contributed by atoms with van der Waals surface area (Å²) in [5.41, 5.74) is -1.30. The number of carboxylic acids is 1. The average Bonchev–Trinajstić information content (AvgIpc) is 2.78. The van der Waals surface area contributed by atoms with Gasteiger partial charge >= 0.3 is 5.97 Å². The van der Waals surface area contributed by atoms with E-state index in [2.05, 4.69) is 19.2 Å². The lowest BCUT2D eigenvalue weighted by Crippen LogP contribution is -2.57. The Morgan fingerprint density at radius 3 is 2.58 bits per heavy atom. The highest BCUT2D eigenvalue weighted by Crippen LogP contribution is 2.19. The molecule has 0 aromatic carbocycles. The lowest BCUT2D eigenvalue weighted by atomic mass is 9.98. The summed E-state index contributed by atoms with van der Waals surface area (Å²) < 4.78 is 10.5. The normalized spacial score (nSPS) is 24.4. The van der Waals surface area contributed by atoms with Gasteiger partial charge in [0, 0.05) is 19.6 Å². The molecule has 6 heteroatoms. The van der Waals surface area contributed by atoms with E-state index in [-0.39, 0.29) is 13.0 Å². The highest BCUT2D eigenvalue weighted by Gasteiger charge is 2.44. The Morgan fingerprint density at radius 2 is 2.11 bits per heavy atom.